The number of ether oxygens (including phenoxy) is 1. The third kappa shape index (κ3) is 5.17. The minimum Gasteiger partial charge on any atom is -0.422 e. The summed E-state index contributed by atoms with van der Waals surface area (Å²) in [6, 6.07) is 0. The topological polar surface area (TPSA) is 26.3 Å². The van der Waals surface area contributed by atoms with E-state index in [2.05, 4.69) is 4.74 Å². The molecule has 10 heavy (non-hydrogen) atoms. The molecule has 0 bridgehead atoms. The second kappa shape index (κ2) is 6.15. The van der Waals surface area contributed by atoms with Crippen molar-refractivity contribution in [2.24, 2.45) is 0 Å². The van der Waals surface area contributed by atoms with E-state index in [1.807, 2.05) is 12.0 Å². The van der Waals surface area contributed by atoms with Crippen molar-refractivity contribution in [3.63, 3.8) is 0 Å². The molecule has 0 rings (SSSR count). The standard InChI is InChI=1S/C6H4ClFO2/c7-6(2-4-9)10-5-1-3-8/h2,6H,3H2. The molecule has 1 unspecified atom stereocenters. The number of alkyl halides is 2. The minimum atomic E-state index is -0.948. The first-order valence-electron chi connectivity index (χ1n) is 2.35. The Labute approximate surface area is 62.6 Å². The summed E-state index contributed by atoms with van der Waals surface area (Å²) in [5.41, 5.74) is -0.948. The van der Waals surface area contributed by atoms with Crippen molar-refractivity contribution < 1.29 is 13.9 Å². The zero-order valence-electron chi connectivity index (χ0n) is 4.93. The fourth-order valence-electron chi connectivity index (χ4n) is 0.213. The lowest BCUT2D eigenvalue weighted by atomic mass is 10.7. The summed E-state index contributed by atoms with van der Waals surface area (Å²) in [5, 5.41) is 0. The summed E-state index contributed by atoms with van der Waals surface area (Å²) >= 11 is 5.25. The highest BCUT2D eigenvalue weighted by molar-refractivity contribution is 6.21. The Morgan fingerprint density at radius 3 is 3.00 bits per heavy atom. The molecule has 4 heteroatoms. The zero-order chi connectivity index (χ0) is 7.82. The Kier molecular flexibility index (Phi) is 5.56. The van der Waals surface area contributed by atoms with E-state index in [4.69, 9.17) is 11.6 Å². The molecule has 0 aromatic carbocycles. The fourth-order valence-corrected chi connectivity index (χ4v) is 0.309. The number of halogens is 2. The van der Waals surface area contributed by atoms with Gasteiger partial charge in [-0.2, -0.15) is 0 Å². The smallest absolute Gasteiger partial charge is 0.212 e. The van der Waals surface area contributed by atoms with Crippen LogP contribution in [0.25, 0.3) is 0 Å². The third-order valence-corrected chi connectivity index (χ3v) is 0.725. The fraction of sp³-hybridized carbons (Fsp3) is 0.333. The lowest BCUT2D eigenvalue weighted by molar-refractivity contribution is 0.284. The Morgan fingerprint density at radius 2 is 2.50 bits per heavy atom. The van der Waals surface area contributed by atoms with E-state index in [0.29, 0.717) is 0 Å². The molecule has 0 radical (unpaired) electrons. The second-order valence-corrected chi connectivity index (χ2v) is 1.60. The van der Waals surface area contributed by atoms with E-state index < -0.39 is 12.2 Å². The van der Waals surface area contributed by atoms with Gasteiger partial charge in [-0.15, -0.1) is 0 Å². The first kappa shape index (κ1) is 9.03. The van der Waals surface area contributed by atoms with Crippen molar-refractivity contribution in [1.29, 1.82) is 0 Å². The monoisotopic (exact) mass is 162 g/mol. The van der Waals surface area contributed by atoms with Crippen molar-refractivity contribution in [3.8, 4) is 12.0 Å². The van der Waals surface area contributed by atoms with Crippen molar-refractivity contribution in [1.82, 2.24) is 0 Å². The summed E-state index contributed by atoms with van der Waals surface area (Å²) < 4.78 is 15.6. The molecule has 0 aromatic rings. The van der Waals surface area contributed by atoms with Crippen LogP contribution in [-0.4, -0.2) is 18.2 Å². The molecule has 0 N–H and O–H groups in total. The average molecular weight is 163 g/mol. The first-order chi connectivity index (χ1) is 4.81. The molecule has 0 aromatic heterocycles. The van der Waals surface area contributed by atoms with Crippen LogP contribution in [0, 0.1) is 12.0 Å². The largest absolute Gasteiger partial charge is 0.422 e. The molecule has 0 saturated heterocycles. The molecule has 0 saturated carbocycles. The van der Waals surface area contributed by atoms with E-state index in [1.165, 1.54) is 5.94 Å². The van der Waals surface area contributed by atoms with Gasteiger partial charge in [-0.3, -0.25) is 0 Å². The van der Waals surface area contributed by atoms with Gasteiger partial charge in [-0.25, -0.2) is 9.18 Å². The highest BCUT2D eigenvalue weighted by Gasteiger charge is 1.94. The summed E-state index contributed by atoms with van der Waals surface area (Å²) in [6.07, 6.45) is 2.88. The van der Waals surface area contributed by atoms with Crippen LogP contribution in [0.1, 0.15) is 0 Å². The van der Waals surface area contributed by atoms with Gasteiger partial charge in [0.05, 0.1) is 6.08 Å². The minimum absolute atomic E-state index is 0.797. The van der Waals surface area contributed by atoms with E-state index in [0.717, 1.165) is 6.08 Å². The zero-order valence-corrected chi connectivity index (χ0v) is 5.69. The van der Waals surface area contributed by atoms with Gasteiger partial charge >= 0.3 is 0 Å². The van der Waals surface area contributed by atoms with Gasteiger partial charge in [0.2, 0.25) is 5.56 Å². The van der Waals surface area contributed by atoms with Crippen molar-refractivity contribution in [3.05, 3.63) is 6.08 Å². The highest BCUT2D eigenvalue weighted by Crippen LogP contribution is 1.95. The number of carbonyl (C=O) groups excluding carboxylic acids is 1. The molecule has 0 spiro atoms. The van der Waals surface area contributed by atoms with Gasteiger partial charge in [-0.1, -0.05) is 11.6 Å². The Hall–Kier alpha value is -0.970. The van der Waals surface area contributed by atoms with Gasteiger partial charge < -0.3 is 4.74 Å². The van der Waals surface area contributed by atoms with Crippen LogP contribution in [0.15, 0.2) is 6.08 Å². The van der Waals surface area contributed by atoms with Crippen LogP contribution in [-0.2, 0) is 9.53 Å². The summed E-state index contributed by atoms with van der Waals surface area (Å²) in [4.78, 5) is 9.58. The molecule has 54 valence electrons. The Bertz CT molecular complexity index is 188. The van der Waals surface area contributed by atoms with Gasteiger partial charge in [0, 0.05) is 0 Å². The molecule has 2 nitrogen and oxygen atoms in total. The highest BCUT2D eigenvalue weighted by atomic mass is 35.5. The molecule has 1 atom stereocenters. The van der Waals surface area contributed by atoms with Crippen molar-refractivity contribution in [2.45, 2.75) is 5.56 Å². The first-order valence-corrected chi connectivity index (χ1v) is 2.79. The molecule has 0 amide bonds. The van der Waals surface area contributed by atoms with Gasteiger partial charge in [-0.05, 0) is 5.92 Å². The molecule has 0 heterocycles. The maximum absolute atomic E-state index is 11.2. The Morgan fingerprint density at radius 1 is 1.80 bits per heavy atom. The molecule has 0 aliphatic carbocycles. The molecular formula is C6H4ClFO2. The van der Waals surface area contributed by atoms with Gasteiger partial charge in [0.15, 0.2) is 6.67 Å². The van der Waals surface area contributed by atoms with Crippen LogP contribution < -0.4 is 0 Å². The maximum atomic E-state index is 11.2. The molecule has 0 aliphatic heterocycles. The van der Waals surface area contributed by atoms with Gasteiger partial charge in [0.1, 0.15) is 12.0 Å². The summed E-state index contributed by atoms with van der Waals surface area (Å²) in [7, 11) is 0. The van der Waals surface area contributed by atoms with Crippen LogP contribution in [0.2, 0.25) is 0 Å². The predicted octanol–water partition coefficient (Wildman–Crippen LogP) is 0.886. The molecular weight excluding hydrogens is 159 g/mol. The van der Waals surface area contributed by atoms with Crippen LogP contribution in [0.4, 0.5) is 4.39 Å². The predicted molar refractivity (Wildman–Crippen MR) is 34.7 cm³/mol. The van der Waals surface area contributed by atoms with Crippen LogP contribution in [0.3, 0.4) is 0 Å². The quantitative estimate of drug-likeness (QED) is 0.342. The average Bonchev–Trinajstić information content (AvgIpc) is 1.89. The third-order valence-electron chi connectivity index (χ3n) is 0.510. The second-order valence-electron chi connectivity index (χ2n) is 1.17. The number of hydrogen-bond acceptors (Lipinski definition) is 2. The normalized spacial score (nSPS) is 10.2. The number of hydrogen-bond donors (Lipinski definition) is 0. The lowest BCUT2D eigenvalue weighted by Crippen LogP contribution is -1.94. The van der Waals surface area contributed by atoms with E-state index in [-0.39, 0.29) is 0 Å². The Balaban J connectivity index is 3.58. The van der Waals surface area contributed by atoms with E-state index in [9.17, 15) is 9.18 Å². The maximum Gasteiger partial charge on any atom is 0.212 e. The SMILES string of the molecule is O=C=CC(Cl)OC#CCF. The molecule has 0 fully saturated rings. The van der Waals surface area contributed by atoms with Crippen molar-refractivity contribution >= 4 is 17.5 Å². The van der Waals surface area contributed by atoms with Crippen LogP contribution >= 0.6 is 11.6 Å². The lowest BCUT2D eigenvalue weighted by Gasteiger charge is -1.94. The van der Waals surface area contributed by atoms with E-state index >= 15 is 0 Å². The summed E-state index contributed by atoms with van der Waals surface area (Å²) in [5.74, 6) is 3.37. The van der Waals surface area contributed by atoms with Crippen molar-refractivity contribution in [2.75, 3.05) is 6.67 Å². The molecule has 0 aliphatic rings. The number of rotatable bonds is 2. The van der Waals surface area contributed by atoms with Gasteiger partial charge in [0.25, 0.3) is 0 Å². The summed E-state index contributed by atoms with van der Waals surface area (Å²) in [6.45, 7) is -0.797. The van der Waals surface area contributed by atoms with E-state index in [1.54, 1.807) is 0 Å². The van der Waals surface area contributed by atoms with Crippen LogP contribution in [0.5, 0.6) is 0 Å².